The second-order valence-electron chi connectivity index (χ2n) is 6.47. The number of carbonyl (C=O) groups is 2. The highest BCUT2D eigenvalue weighted by molar-refractivity contribution is 7.99. The van der Waals surface area contributed by atoms with Gasteiger partial charge in [-0.3, -0.25) is 9.59 Å². The lowest BCUT2D eigenvalue weighted by Crippen LogP contribution is -2.44. The number of carbonyl (C=O) groups excluding carboxylic acids is 2. The van der Waals surface area contributed by atoms with Gasteiger partial charge in [0.25, 0.3) is 0 Å². The van der Waals surface area contributed by atoms with E-state index in [0.717, 1.165) is 24.2 Å². The number of rotatable bonds is 6. The highest BCUT2D eigenvalue weighted by Gasteiger charge is 2.27. The van der Waals surface area contributed by atoms with Gasteiger partial charge in [0.15, 0.2) is 11.0 Å². The molecule has 144 valence electrons. The molecule has 2 amide bonds. The van der Waals surface area contributed by atoms with Crippen LogP contribution in [0.25, 0.3) is 11.4 Å². The van der Waals surface area contributed by atoms with E-state index < -0.39 is 0 Å². The Balaban J connectivity index is 1.64. The lowest BCUT2D eigenvalue weighted by Gasteiger charge is -2.31. The number of nitrogens with two attached hydrogens (primary N) is 1. The predicted octanol–water partition coefficient (Wildman–Crippen LogP) is 1.31. The summed E-state index contributed by atoms with van der Waals surface area (Å²) in [5.74, 6) is 1.09. The van der Waals surface area contributed by atoms with E-state index in [1.165, 1.54) is 11.8 Å². The summed E-state index contributed by atoms with van der Waals surface area (Å²) in [6, 6.07) is 7.59. The van der Waals surface area contributed by atoms with Crippen molar-refractivity contribution in [2.75, 3.05) is 26.0 Å². The van der Waals surface area contributed by atoms with Crippen LogP contribution in [0, 0.1) is 5.92 Å². The van der Waals surface area contributed by atoms with Gasteiger partial charge in [0.2, 0.25) is 11.8 Å². The summed E-state index contributed by atoms with van der Waals surface area (Å²) >= 11 is 1.33. The van der Waals surface area contributed by atoms with Crippen LogP contribution in [0.15, 0.2) is 29.4 Å². The molecule has 0 saturated carbocycles. The summed E-state index contributed by atoms with van der Waals surface area (Å²) in [4.78, 5) is 25.6. The van der Waals surface area contributed by atoms with Crippen molar-refractivity contribution >= 4 is 23.6 Å². The van der Waals surface area contributed by atoms with Crippen LogP contribution in [0.4, 0.5) is 0 Å². The van der Waals surface area contributed by atoms with Crippen LogP contribution in [0.5, 0.6) is 5.75 Å². The molecule has 1 saturated heterocycles. The fourth-order valence-electron chi connectivity index (χ4n) is 3.11. The van der Waals surface area contributed by atoms with Crippen LogP contribution >= 0.6 is 11.8 Å². The molecule has 0 radical (unpaired) electrons. The molecule has 2 N–H and O–H groups in total. The van der Waals surface area contributed by atoms with Gasteiger partial charge in [-0.15, -0.1) is 10.2 Å². The Hall–Kier alpha value is -2.55. The van der Waals surface area contributed by atoms with Gasteiger partial charge >= 0.3 is 0 Å². The topological polar surface area (TPSA) is 103 Å². The van der Waals surface area contributed by atoms with Gasteiger partial charge in [-0.25, -0.2) is 0 Å². The van der Waals surface area contributed by atoms with E-state index >= 15 is 0 Å². The number of likely N-dealkylation sites (tertiary alicyclic amines) is 1. The number of aromatic nitrogens is 3. The molecule has 8 nitrogen and oxygen atoms in total. The van der Waals surface area contributed by atoms with Crippen molar-refractivity contribution in [1.29, 1.82) is 0 Å². The molecular weight excluding hydrogens is 366 g/mol. The second-order valence-corrected chi connectivity index (χ2v) is 7.41. The van der Waals surface area contributed by atoms with Gasteiger partial charge in [0.1, 0.15) is 5.75 Å². The molecule has 1 aliphatic heterocycles. The van der Waals surface area contributed by atoms with Gasteiger partial charge < -0.3 is 19.9 Å². The molecule has 0 spiro atoms. The van der Waals surface area contributed by atoms with E-state index in [1.807, 2.05) is 35.9 Å². The number of primary amides is 1. The van der Waals surface area contributed by atoms with E-state index in [9.17, 15) is 9.59 Å². The Bertz CT molecular complexity index is 838. The third-order valence-corrected chi connectivity index (χ3v) is 5.67. The first-order valence-electron chi connectivity index (χ1n) is 8.73. The van der Waals surface area contributed by atoms with Crippen LogP contribution in [0.3, 0.4) is 0 Å². The molecule has 3 rings (SSSR count). The zero-order valence-electron chi connectivity index (χ0n) is 15.4. The number of nitrogens with zero attached hydrogens (tertiary/aromatic N) is 4. The Kier molecular flexibility index (Phi) is 6.00. The molecule has 2 heterocycles. The molecule has 1 atom stereocenters. The van der Waals surface area contributed by atoms with Crippen LogP contribution in [0.2, 0.25) is 0 Å². The minimum absolute atomic E-state index is 0.0168. The molecule has 27 heavy (non-hydrogen) atoms. The predicted molar refractivity (Wildman–Crippen MR) is 102 cm³/mol. The molecule has 1 aliphatic rings. The maximum Gasteiger partial charge on any atom is 0.233 e. The van der Waals surface area contributed by atoms with E-state index in [4.69, 9.17) is 10.5 Å². The van der Waals surface area contributed by atoms with E-state index in [2.05, 4.69) is 10.2 Å². The number of hydrogen-bond donors (Lipinski definition) is 1. The van der Waals surface area contributed by atoms with E-state index in [0.29, 0.717) is 24.1 Å². The normalized spacial score (nSPS) is 17.0. The largest absolute Gasteiger partial charge is 0.497 e. The average Bonchev–Trinajstić information content (AvgIpc) is 3.06. The van der Waals surface area contributed by atoms with Crippen LogP contribution < -0.4 is 10.5 Å². The monoisotopic (exact) mass is 389 g/mol. The maximum atomic E-state index is 12.5. The number of amides is 2. The highest BCUT2D eigenvalue weighted by Crippen LogP contribution is 2.26. The smallest absolute Gasteiger partial charge is 0.233 e. The molecule has 9 heteroatoms. The van der Waals surface area contributed by atoms with Crippen molar-refractivity contribution in [2.45, 2.75) is 18.0 Å². The first kappa shape index (κ1) is 19.2. The molecular formula is C18H23N5O3S. The number of ether oxygens (including phenoxy) is 1. The first-order valence-corrected chi connectivity index (χ1v) is 9.72. The third-order valence-electron chi connectivity index (χ3n) is 4.66. The molecule has 1 aromatic carbocycles. The van der Waals surface area contributed by atoms with Crippen molar-refractivity contribution in [3.63, 3.8) is 0 Å². The van der Waals surface area contributed by atoms with Gasteiger partial charge in [-0.1, -0.05) is 23.9 Å². The number of methoxy groups -OCH3 is 1. The number of benzene rings is 1. The SMILES string of the molecule is COc1cccc(-c2nnc(SCC(=O)N3CCC[C@@H](C(N)=O)C3)n2C)c1. The van der Waals surface area contributed by atoms with E-state index in [-0.39, 0.29) is 23.5 Å². The summed E-state index contributed by atoms with van der Waals surface area (Å²) in [6.07, 6.45) is 1.55. The van der Waals surface area contributed by atoms with Crippen LogP contribution in [0.1, 0.15) is 12.8 Å². The lowest BCUT2D eigenvalue weighted by molar-refractivity contribution is -0.132. The molecule has 0 bridgehead atoms. The number of hydrogen-bond acceptors (Lipinski definition) is 6. The van der Waals surface area contributed by atoms with Crippen molar-refractivity contribution in [3.8, 4) is 17.1 Å². The van der Waals surface area contributed by atoms with Crippen molar-refractivity contribution in [2.24, 2.45) is 18.7 Å². The van der Waals surface area contributed by atoms with E-state index in [1.54, 1.807) is 12.0 Å². The van der Waals surface area contributed by atoms with Gasteiger partial charge in [0.05, 0.1) is 18.8 Å². The zero-order valence-corrected chi connectivity index (χ0v) is 16.2. The quantitative estimate of drug-likeness (QED) is 0.747. The lowest BCUT2D eigenvalue weighted by atomic mass is 9.97. The Labute approximate surface area is 162 Å². The van der Waals surface area contributed by atoms with Crippen molar-refractivity contribution < 1.29 is 14.3 Å². The molecule has 0 unspecified atom stereocenters. The first-order chi connectivity index (χ1) is 13.0. The standard InChI is InChI=1S/C18H23N5O3S/c1-22-17(12-5-3-7-14(9-12)26-2)20-21-18(22)27-11-15(24)23-8-4-6-13(10-23)16(19)25/h3,5,7,9,13H,4,6,8,10-11H2,1-2H3,(H2,19,25)/t13-/m1/s1. The molecule has 2 aromatic rings. The fraction of sp³-hybridized carbons (Fsp3) is 0.444. The Morgan fingerprint density at radius 2 is 2.19 bits per heavy atom. The summed E-state index contributed by atoms with van der Waals surface area (Å²) in [7, 11) is 3.48. The second kappa shape index (κ2) is 8.43. The Morgan fingerprint density at radius 1 is 1.37 bits per heavy atom. The summed E-state index contributed by atoms with van der Waals surface area (Å²) in [5.41, 5.74) is 6.27. The minimum Gasteiger partial charge on any atom is -0.497 e. The fourth-order valence-corrected chi connectivity index (χ4v) is 3.92. The molecule has 0 aliphatic carbocycles. The van der Waals surface area contributed by atoms with Crippen molar-refractivity contribution in [1.82, 2.24) is 19.7 Å². The zero-order chi connectivity index (χ0) is 19.4. The summed E-state index contributed by atoms with van der Waals surface area (Å²) < 4.78 is 7.11. The molecule has 1 fully saturated rings. The van der Waals surface area contributed by atoms with Crippen molar-refractivity contribution in [3.05, 3.63) is 24.3 Å². The Morgan fingerprint density at radius 3 is 2.93 bits per heavy atom. The average molecular weight is 389 g/mol. The highest BCUT2D eigenvalue weighted by atomic mass is 32.2. The van der Waals surface area contributed by atoms with Gasteiger partial charge in [-0.05, 0) is 25.0 Å². The van der Waals surface area contributed by atoms with Gasteiger partial charge in [-0.2, -0.15) is 0 Å². The maximum absolute atomic E-state index is 12.5. The molecule has 1 aromatic heterocycles. The van der Waals surface area contributed by atoms with Crippen LogP contribution in [-0.4, -0.2) is 57.4 Å². The minimum atomic E-state index is -0.337. The summed E-state index contributed by atoms with van der Waals surface area (Å²) in [6.45, 7) is 1.07. The number of thioether (sulfide) groups is 1. The van der Waals surface area contributed by atoms with Gasteiger partial charge in [0, 0.05) is 25.7 Å². The van der Waals surface area contributed by atoms with Crippen LogP contribution in [-0.2, 0) is 16.6 Å². The third kappa shape index (κ3) is 4.41. The number of piperidine rings is 1. The summed E-state index contributed by atoms with van der Waals surface area (Å²) in [5, 5.41) is 9.09.